The van der Waals surface area contributed by atoms with Crippen LogP contribution in [0.4, 0.5) is 5.69 Å². The molecule has 1 aliphatic heterocycles. The summed E-state index contributed by atoms with van der Waals surface area (Å²) in [7, 11) is 3.55. The van der Waals surface area contributed by atoms with Crippen LogP contribution in [0, 0.1) is 0 Å². The van der Waals surface area contributed by atoms with E-state index < -0.39 is 0 Å². The highest BCUT2D eigenvalue weighted by molar-refractivity contribution is 5.79. The molecule has 1 aliphatic rings. The first-order valence-corrected chi connectivity index (χ1v) is 9.79. The molecule has 0 aromatic heterocycles. The third kappa shape index (κ3) is 7.62. The molecule has 1 heterocycles. The third-order valence-corrected chi connectivity index (χ3v) is 4.73. The second-order valence-electron chi connectivity index (χ2n) is 6.64. The highest BCUT2D eigenvalue weighted by Gasteiger charge is 2.16. The Kier molecular flexibility index (Phi) is 9.90. The predicted molar refractivity (Wildman–Crippen MR) is 110 cm³/mol. The second-order valence-corrected chi connectivity index (χ2v) is 6.64. The molecule has 146 valence electrons. The van der Waals surface area contributed by atoms with Crippen molar-refractivity contribution in [2.24, 2.45) is 4.99 Å². The topological polar surface area (TPSA) is 52.1 Å². The first-order valence-electron chi connectivity index (χ1n) is 9.79. The SMILES string of the molecule is CN=C(NCCCCN1CCN(c2ccccc2)CC1)NCCCOC. The van der Waals surface area contributed by atoms with Crippen LogP contribution in [0.2, 0.25) is 0 Å². The Labute approximate surface area is 158 Å². The molecule has 1 aromatic carbocycles. The molecule has 1 saturated heterocycles. The molecule has 0 radical (unpaired) electrons. The van der Waals surface area contributed by atoms with Crippen molar-refractivity contribution in [3.63, 3.8) is 0 Å². The van der Waals surface area contributed by atoms with Crippen molar-refractivity contribution in [2.45, 2.75) is 19.3 Å². The first-order chi connectivity index (χ1) is 12.8. The predicted octanol–water partition coefficient (Wildman–Crippen LogP) is 1.79. The minimum absolute atomic E-state index is 0.779. The summed E-state index contributed by atoms with van der Waals surface area (Å²) < 4.78 is 5.05. The number of ether oxygens (including phenoxy) is 1. The lowest BCUT2D eigenvalue weighted by Crippen LogP contribution is -2.46. The summed E-state index contributed by atoms with van der Waals surface area (Å²) in [5, 5.41) is 6.69. The lowest BCUT2D eigenvalue weighted by atomic mass is 10.2. The number of unbranched alkanes of at least 4 members (excludes halogenated alkanes) is 1. The van der Waals surface area contributed by atoms with Gasteiger partial charge in [0.2, 0.25) is 0 Å². The zero-order valence-electron chi connectivity index (χ0n) is 16.4. The van der Waals surface area contributed by atoms with E-state index in [-0.39, 0.29) is 0 Å². The van der Waals surface area contributed by atoms with Crippen molar-refractivity contribution >= 4 is 11.6 Å². The number of guanidine groups is 1. The largest absolute Gasteiger partial charge is 0.385 e. The zero-order valence-corrected chi connectivity index (χ0v) is 16.4. The van der Waals surface area contributed by atoms with Crippen molar-refractivity contribution in [1.29, 1.82) is 0 Å². The molecule has 0 saturated carbocycles. The molecule has 26 heavy (non-hydrogen) atoms. The molecule has 0 bridgehead atoms. The molecule has 0 unspecified atom stereocenters. The smallest absolute Gasteiger partial charge is 0.190 e. The van der Waals surface area contributed by atoms with Crippen molar-refractivity contribution in [3.8, 4) is 0 Å². The van der Waals surface area contributed by atoms with Gasteiger partial charge in [-0.2, -0.15) is 0 Å². The molecule has 2 rings (SSSR count). The summed E-state index contributed by atoms with van der Waals surface area (Å²) in [4.78, 5) is 9.31. The molecule has 0 atom stereocenters. The number of nitrogens with one attached hydrogen (secondary N) is 2. The highest BCUT2D eigenvalue weighted by Crippen LogP contribution is 2.15. The number of anilines is 1. The molecule has 0 amide bonds. The number of hydrogen-bond acceptors (Lipinski definition) is 4. The van der Waals surface area contributed by atoms with Gasteiger partial charge in [0.1, 0.15) is 0 Å². The lowest BCUT2D eigenvalue weighted by Gasteiger charge is -2.36. The van der Waals surface area contributed by atoms with Crippen LogP contribution in [-0.2, 0) is 4.74 Å². The number of methoxy groups -OCH3 is 1. The monoisotopic (exact) mass is 361 g/mol. The van der Waals surface area contributed by atoms with E-state index >= 15 is 0 Å². The number of hydrogen-bond donors (Lipinski definition) is 2. The van der Waals surface area contributed by atoms with Gasteiger partial charge in [-0.1, -0.05) is 18.2 Å². The summed E-state index contributed by atoms with van der Waals surface area (Å²) in [6, 6.07) is 10.7. The van der Waals surface area contributed by atoms with E-state index in [0.717, 1.165) is 64.7 Å². The maximum absolute atomic E-state index is 5.05. The Morgan fingerprint density at radius 3 is 2.35 bits per heavy atom. The molecule has 6 heteroatoms. The van der Waals surface area contributed by atoms with Gasteiger partial charge in [-0.3, -0.25) is 9.89 Å². The molecule has 6 nitrogen and oxygen atoms in total. The van der Waals surface area contributed by atoms with Gasteiger partial charge in [-0.05, 0) is 37.9 Å². The van der Waals surface area contributed by atoms with Crippen LogP contribution in [-0.4, -0.2) is 77.4 Å². The van der Waals surface area contributed by atoms with Crippen molar-refractivity contribution in [2.75, 3.05) is 71.5 Å². The Morgan fingerprint density at radius 2 is 1.69 bits per heavy atom. The fourth-order valence-corrected chi connectivity index (χ4v) is 3.18. The standard InChI is InChI=1S/C20H35N5O/c1-21-20(23-12-8-18-26-2)22-11-6-7-13-24-14-16-25(17-15-24)19-9-4-3-5-10-19/h3-5,9-10H,6-8,11-18H2,1-2H3,(H2,21,22,23). The summed E-state index contributed by atoms with van der Waals surface area (Å²) in [5.41, 5.74) is 1.35. The van der Waals surface area contributed by atoms with E-state index in [2.05, 4.69) is 55.8 Å². The van der Waals surface area contributed by atoms with Crippen LogP contribution in [0.15, 0.2) is 35.3 Å². The average Bonchev–Trinajstić information content (AvgIpc) is 2.70. The Bertz CT molecular complexity index is 500. The van der Waals surface area contributed by atoms with Gasteiger partial charge in [0.25, 0.3) is 0 Å². The number of nitrogens with zero attached hydrogens (tertiary/aromatic N) is 3. The zero-order chi connectivity index (χ0) is 18.5. The quantitative estimate of drug-likeness (QED) is 0.378. The number of rotatable bonds is 10. The van der Waals surface area contributed by atoms with E-state index in [9.17, 15) is 0 Å². The van der Waals surface area contributed by atoms with Crippen LogP contribution >= 0.6 is 0 Å². The minimum atomic E-state index is 0.779. The first kappa shape index (κ1) is 20.5. The van der Waals surface area contributed by atoms with Gasteiger partial charge in [0, 0.05) is 65.7 Å². The number of piperazine rings is 1. The van der Waals surface area contributed by atoms with Crippen LogP contribution in [0.5, 0.6) is 0 Å². The van der Waals surface area contributed by atoms with Gasteiger partial charge in [-0.25, -0.2) is 0 Å². The summed E-state index contributed by atoms with van der Waals surface area (Å²) in [6.07, 6.45) is 3.38. The van der Waals surface area contributed by atoms with Gasteiger partial charge in [0.05, 0.1) is 0 Å². The molecule has 0 aliphatic carbocycles. The third-order valence-electron chi connectivity index (χ3n) is 4.73. The summed E-state index contributed by atoms with van der Waals surface area (Å²) >= 11 is 0. The normalized spacial score (nSPS) is 15.9. The highest BCUT2D eigenvalue weighted by atomic mass is 16.5. The average molecular weight is 362 g/mol. The number of aliphatic imine (C=N–C) groups is 1. The van der Waals surface area contributed by atoms with Gasteiger partial charge < -0.3 is 20.3 Å². The lowest BCUT2D eigenvalue weighted by molar-refractivity contribution is 0.195. The fourth-order valence-electron chi connectivity index (χ4n) is 3.18. The molecular formula is C20H35N5O. The van der Waals surface area contributed by atoms with E-state index in [0.29, 0.717) is 0 Å². The molecule has 1 fully saturated rings. The van der Waals surface area contributed by atoms with Crippen LogP contribution in [0.25, 0.3) is 0 Å². The van der Waals surface area contributed by atoms with Crippen molar-refractivity contribution in [3.05, 3.63) is 30.3 Å². The van der Waals surface area contributed by atoms with Crippen LogP contribution < -0.4 is 15.5 Å². The number of benzene rings is 1. The van der Waals surface area contributed by atoms with Crippen LogP contribution in [0.3, 0.4) is 0 Å². The summed E-state index contributed by atoms with van der Waals surface area (Å²) in [6.45, 7) is 8.38. The maximum atomic E-state index is 5.05. The number of para-hydroxylation sites is 1. The Hall–Kier alpha value is -1.79. The van der Waals surface area contributed by atoms with Crippen molar-refractivity contribution in [1.82, 2.24) is 15.5 Å². The van der Waals surface area contributed by atoms with Crippen molar-refractivity contribution < 1.29 is 4.74 Å². The minimum Gasteiger partial charge on any atom is -0.385 e. The van der Waals surface area contributed by atoms with E-state index in [1.165, 1.54) is 18.7 Å². The fraction of sp³-hybridized carbons (Fsp3) is 0.650. The van der Waals surface area contributed by atoms with Gasteiger partial charge >= 0.3 is 0 Å². The maximum Gasteiger partial charge on any atom is 0.190 e. The Balaban J connectivity index is 1.51. The summed E-state index contributed by atoms with van der Waals surface area (Å²) in [5.74, 6) is 0.887. The van der Waals surface area contributed by atoms with Crippen LogP contribution in [0.1, 0.15) is 19.3 Å². The molecule has 2 N–H and O–H groups in total. The Morgan fingerprint density at radius 1 is 1.00 bits per heavy atom. The molecule has 0 spiro atoms. The van der Waals surface area contributed by atoms with Gasteiger partial charge in [-0.15, -0.1) is 0 Å². The second kappa shape index (κ2) is 12.5. The van der Waals surface area contributed by atoms with E-state index in [1.54, 1.807) is 7.11 Å². The molecule has 1 aromatic rings. The van der Waals surface area contributed by atoms with E-state index in [4.69, 9.17) is 4.74 Å². The molecular weight excluding hydrogens is 326 g/mol. The van der Waals surface area contributed by atoms with Gasteiger partial charge in [0.15, 0.2) is 5.96 Å². The van der Waals surface area contributed by atoms with E-state index in [1.807, 2.05) is 7.05 Å².